The molecule has 170 valence electrons. The molecule has 0 N–H and O–H groups in total. The van der Waals surface area contributed by atoms with E-state index in [1.807, 2.05) is 25.7 Å². The molecule has 3 heterocycles. The van der Waals surface area contributed by atoms with Crippen LogP contribution < -0.4 is 9.64 Å². The van der Waals surface area contributed by atoms with Gasteiger partial charge in [0.1, 0.15) is 18.0 Å². The number of nitrogens with zero attached hydrogens (tertiary/aromatic N) is 2. The van der Waals surface area contributed by atoms with Crippen molar-refractivity contribution in [2.75, 3.05) is 44.4 Å². The number of fused-ring (bicyclic) bond motifs is 2. The molecule has 1 saturated heterocycles. The van der Waals surface area contributed by atoms with Crippen molar-refractivity contribution in [3.8, 4) is 5.75 Å². The molecule has 1 atom stereocenters. The smallest absolute Gasteiger partial charge is 0.410 e. The van der Waals surface area contributed by atoms with Crippen LogP contribution in [0.2, 0.25) is 0 Å². The molecule has 3 aliphatic heterocycles. The minimum absolute atomic E-state index is 0.0828. The monoisotopic (exact) mass is 430 g/mol. The summed E-state index contributed by atoms with van der Waals surface area (Å²) in [5, 5.41) is 0. The predicted molar refractivity (Wildman–Crippen MR) is 118 cm³/mol. The van der Waals surface area contributed by atoms with Crippen molar-refractivity contribution in [2.45, 2.75) is 59.0 Å². The van der Waals surface area contributed by atoms with Crippen LogP contribution >= 0.6 is 0 Å². The van der Waals surface area contributed by atoms with Crippen LogP contribution in [0.5, 0.6) is 5.75 Å². The Kier molecular flexibility index (Phi) is 6.15. The van der Waals surface area contributed by atoms with E-state index < -0.39 is 5.60 Å². The Bertz CT molecular complexity index is 855. The minimum Gasteiger partial charge on any atom is -0.490 e. The normalized spacial score (nSPS) is 21.5. The average Bonchev–Trinajstić information content (AvgIpc) is 2.95. The van der Waals surface area contributed by atoms with Gasteiger partial charge >= 0.3 is 6.09 Å². The number of anilines is 1. The lowest BCUT2D eigenvalue weighted by Crippen LogP contribution is -2.44. The Morgan fingerprint density at radius 2 is 1.90 bits per heavy atom. The number of ether oxygens (including phenoxy) is 3. The molecule has 2 amide bonds. The molecule has 31 heavy (non-hydrogen) atoms. The highest BCUT2D eigenvalue weighted by Crippen LogP contribution is 2.41. The standard InChI is InChI=1S/C24H34N2O5/c1-16-19-8-10-25(23(28)31-24(2,3)4)9-7-17(19)14-20-21(16)26(11-13-30-20)22(27)18-6-5-12-29-15-18/h14,18H,5-13,15H2,1-4H3. The van der Waals surface area contributed by atoms with Crippen molar-refractivity contribution < 1.29 is 23.8 Å². The van der Waals surface area contributed by atoms with E-state index in [9.17, 15) is 9.59 Å². The number of hydrogen-bond acceptors (Lipinski definition) is 5. The highest BCUT2D eigenvalue weighted by atomic mass is 16.6. The van der Waals surface area contributed by atoms with Crippen LogP contribution in [0.25, 0.3) is 0 Å². The second-order valence-corrected chi connectivity index (χ2v) is 9.71. The van der Waals surface area contributed by atoms with Gasteiger partial charge in [-0.05, 0) is 76.1 Å². The quantitative estimate of drug-likeness (QED) is 0.682. The van der Waals surface area contributed by atoms with E-state index in [0.717, 1.165) is 49.3 Å². The SMILES string of the molecule is Cc1c2c(cc3c1N(C(=O)C1CCCOC1)CCO3)CCN(C(=O)OC(C)(C)C)CC2. The highest BCUT2D eigenvalue weighted by Gasteiger charge is 2.34. The van der Waals surface area contributed by atoms with Crippen LogP contribution in [-0.4, -0.2) is 62.0 Å². The zero-order valence-corrected chi connectivity index (χ0v) is 19.2. The van der Waals surface area contributed by atoms with Gasteiger partial charge in [0.15, 0.2) is 0 Å². The first-order valence-electron chi connectivity index (χ1n) is 11.4. The second-order valence-electron chi connectivity index (χ2n) is 9.71. The predicted octanol–water partition coefficient (Wildman–Crippen LogP) is 3.48. The summed E-state index contributed by atoms with van der Waals surface area (Å²) >= 11 is 0. The van der Waals surface area contributed by atoms with Crippen molar-refractivity contribution in [3.05, 3.63) is 22.8 Å². The summed E-state index contributed by atoms with van der Waals surface area (Å²) in [7, 11) is 0. The zero-order valence-electron chi connectivity index (χ0n) is 19.2. The lowest BCUT2D eigenvalue weighted by molar-refractivity contribution is -0.126. The van der Waals surface area contributed by atoms with E-state index in [4.69, 9.17) is 14.2 Å². The summed E-state index contributed by atoms with van der Waals surface area (Å²) < 4.78 is 17.1. The molecule has 0 saturated carbocycles. The summed E-state index contributed by atoms with van der Waals surface area (Å²) in [5.41, 5.74) is 3.88. The largest absolute Gasteiger partial charge is 0.490 e. The third-order valence-corrected chi connectivity index (χ3v) is 6.29. The van der Waals surface area contributed by atoms with E-state index in [2.05, 4.69) is 13.0 Å². The lowest BCUT2D eigenvalue weighted by atomic mass is 9.93. The molecule has 4 rings (SSSR count). The van der Waals surface area contributed by atoms with Crippen molar-refractivity contribution >= 4 is 17.7 Å². The van der Waals surface area contributed by atoms with E-state index in [1.165, 1.54) is 11.1 Å². The van der Waals surface area contributed by atoms with Gasteiger partial charge in [-0.1, -0.05) is 0 Å². The molecular weight excluding hydrogens is 396 g/mol. The highest BCUT2D eigenvalue weighted by molar-refractivity contribution is 5.98. The topological polar surface area (TPSA) is 68.3 Å². The summed E-state index contributed by atoms with van der Waals surface area (Å²) in [6, 6.07) is 2.08. The van der Waals surface area contributed by atoms with Crippen LogP contribution in [0.1, 0.15) is 50.3 Å². The van der Waals surface area contributed by atoms with E-state index in [1.54, 1.807) is 4.90 Å². The van der Waals surface area contributed by atoms with E-state index in [0.29, 0.717) is 32.8 Å². The second kappa shape index (κ2) is 8.69. The molecule has 0 spiro atoms. The summed E-state index contributed by atoms with van der Waals surface area (Å²) in [4.78, 5) is 29.6. The summed E-state index contributed by atoms with van der Waals surface area (Å²) in [6.45, 7) is 11.2. The van der Waals surface area contributed by atoms with Gasteiger partial charge in [0.05, 0.1) is 24.8 Å². The van der Waals surface area contributed by atoms with Gasteiger partial charge in [-0.3, -0.25) is 4.79 Å². The van der Waals surface area contributed by atoms with E-state index in [-0.39, 0.29) is 17.9 Å². The number of benzene rings is 1. The third-order valence-electron chi connectivity index (χ3n) is 6.29. The molecule has 1 aromatic carbocycles. The van der Waals surface area contributed by atoms with Crippen LogP contribution in [0.3, 0.4) is 0 Å². The van der Waals surface area contributed by atoms with Gasteiger partial charge in [0.25, 0.3) is 0 Å². The average molecular weight is 431 g/mol. The Balaban J connectivity index is 1.58. The fraction of sp³-hybridized carbons (Fsp3) is 0.667. The molecule has 7 nitrogen and oxygen atoms in total. The first-order chi connectivity index (χ1) is 14.7. The molecule has 3 aliphatic rings. The lowest BCUT2D eigenvalue weighted by Gasteiger charge is -2.35. The Morgan fingerprint density at radius 1 is 1.13 bits per heavy atom. The maximum Gasteiger partial charge on any atom is 0.410 e. The number of carbonyl (C=O) groups is 2. The molecule has 1 unspecified atom stereocenters. The molecule has 0 aromatic heterocycles. The first-order valence-corrected chi connectivity index (χ1v) is 11.4. The minimum atomic E-state index is -0.511. The number of amides is 2. The zero-order chi connectivity index (χ0) is 22.2. The number of carbonyl (C=O) groups excluding carboxylic acids is 2. The third kappa shape index (κ3) is 4.66. The Labute approximate surface area is 184 Å². The molecular formula is C24H34N2O5. The van der Waals surface area contributed by atoms with Crippen molar-refractivity contribution in [1.82, 2.24) is 4.90 Å². The maximum absolute atomic E-state index is 13.3. The van der Waals surface area contributed by atoms with Gasteiger partial charge in [0, 0.05) is 19.7 Å². The van der Waals surface area contributed by atoms with Gasteiger partial charge in [-0.25, -0.2) is 4.79 Å². The fourth-order valence-electron chi connectivity index (χ4n) is 4.76. The van der Waals surface area contributed by atoms with Crippen molar-refractivity contribution in [2.24, 2.45) is 5.92 Å². The molecule has 0 radical (unpaired) electrons. The summed E-state index contributed by atoms with van der Waals surface area (Å²) in [5.74, 6) is 0.829. The Morgan fingerprint density at radius 3 is 2.61 bits per heavy atom. The van der Waals surface area contributed by atoms with Gasteiger partial charge in [-0.2, -0.15) is 0 Å². The van der Waals surface area contributed by atoms with Crippen LogP contribution in [0.4, 0.5) is 10.5 Å². The fourth-order valence-corrected chi connectivity index (χ4v) is 4.76. The van der Waals surface area contributed by atoms with E-state index >= 15 is 0 Å². The molecule has 0 bridgehead atoms. The molecule has 0 aliphatic carbocycles. The van der Waals surface area contributed by atoms with Gasteiger partial charge in [-0.15, -0.1) is 0 Å². The first kappa shape index (κ1) is 21.9. The van der Waals surface area contributed by atoms with Crippen LogP contribution in [0, 0.1) is 12.8 Å². The molecule has 1 fully saturated rings. The van der Waals surface area contributed by atoms with Crippen LogP contribution in [0.15, 0.2) is 6.07 Å². The summed E-state index contributed by atoms with van der Waals surface area (Å²) in [6.07, 6.45) is 3.02. The van der Waals surface area contributed by atoms with Gasteiger partial charge in [0.2, 0.25) is 5.91 Å². The number of hydrogen-bond donors (Lipinski definition) is 0. The van der Waals surface area contributed by atoms with Crippen LogP contribution in [-0.2, 0) is 27.1 Å². The maximum atomic E-state index is 13.3. The molecule has 1 aromatic rings. The Hall–Kier alpha value is -2.28. The van der Waals surface area contributed by atoms with Gasteiger partial charge < -0.3 is 24.0 Å². The number of rotatable bonds is 1. The van der Waals surface area contributed by atoms with Crippen molar-refractivity contribution in [1.29, 1.82) is 0 Å². The van der Waals surface area contributed by atoms with Crippen molar-refractivity contribution in [3.63, 3.8) is 0 Å². The molecule has 7 heteroatoms.